The second-order valence-electron chi connectivity index (χ2n) is 6.62. The standard InChI is InChI=1S/C17H25N3/c1-17(2,13-20-9-3-4-10-20)19-12-14-5-6-15-7-8-18-16(15)11-14/h5-8,11,18-19H,3-4,9-10,12-13H2,1-2H3. The Bertz CT molecular complexity index is 564. The Morgan fingerprint density at radius 1 is 1.20 bits per heavy atom. The average Bonchev–Trinajstić information content (AvgIpc) is 3.06. The molecule has 0 bridgehead atoms. The van der Waals surface area contributed by atoms with E-state index >= 15 is 0 Å². The van der Waals surface area contributed by atoms with Gasteiger partial charge in [0.15, 0.2) is 0 Å². The van der Waals surface area contributed by atoms with E-state index in [1.165, 1.54) is 42.4 Å². The molecule has 1 saturated heterocycles. The monoisotopic (exact) mass is 271 g/mol. The predicted molar refractivity (Wildman–Crippen MR) is 84.9 cm³/mol. The van der Waals surface area contributed by atoms with Crippen LogP contribution in [-0.2, 0) is 6.54 Å². The van der Waals surface area contributed by atoms with Gasteiger partial charge in [0.1, 0.15) is 0 Å². The maximum absolute atomic E-state index is 3.70. The Morgan fingerprint density at radius 3 is 2.80 bits per heavy atom. The van der Waals surface area contributed by atoms with E-state index in [0.29, 0.717) is 0 Å². The van der Waals surface area contributed by atoms with Crippen LogP contribution in [0.1, 0.15) is 32.3 Å². The van der Waals surface area contributed by atoms with Crippen molar-refractivity contribution in [2.45, 2.75) is 38.8 Å². The number of benzene rings is 1. The van der Waals surface area contributed by atoms with Gasteiger partial charge in [-0.15, -0.1) is 0 Å². The van der Waals surface area contributed by atoms with Gasteiger partial charge in [-0.1, -0.05) is 12.1 Å². The number of nitrogens with one attached hydrogen (secondary N) is 2. The molecule has 20 heavy (non-hydrogen) atoms. The molecule has 1 aromatic carbocycles. The fourth-order valence-electron chi connectivity index (χ4n) is 3.10. The number of fused-ring (bicyclic) bond motifs is 1. The van der Waals surface area contributed by atoms with Gasteiger partial charge in [0.2, 0.25) is 0 Å². The first-order valence-corrected chi connectivity index (χ1v) is 7.66. The van der Waals surface area contributed by atoms with Crippen molar-refractivity contribution in [2.24, 2.45) is 0 Å². The first-order valence-electron chi connectivity index (χ1n) is 7.66. The average molecular weight is 271 g/mol. The normalized spacial score (nSPS) is 17.1. The maximum atomic E-state index is 3.70. The minimum atomic E-state index is 0.162. The molecule has 3 nitrogen and oxygen atoms in total. The van der Waals surface area contributed by atoms with Crippen molar-refractivity contribution >= 4 is 10.9 Å². The molecule has 0 aliphatic carbocycles. The van der Waals surface area contributed by atoms with Gasteiger partial charge in [0.25, 0.3) is 0 Å². The van der Waals surface area contributed by atoms with Gasteiger partial charge in [-0.05, 0) is 62.9 Å². The van der Waals surface area contributed by atoms with Crippen LogP contribution in [0.15, 0.2) is 30.5 Å². The molecule has 0 radical (unpaired) electrons. The first-order chi connectivity index (χ1) is 9.62. The maximum Gasteiger partial charge on any atom is 0.0457 e. The quantitative estimate of drug-likeness (QED) is 0.875. The van der Waals surface area contributed by atoms with E-state index < -0.39 is 0 Å². The SMILES string of the molecule is CC(C)(CN1CCCC1)NCc1ccc2cc[nH]c2c1. The van der Waals surface area contributed by atoms with Gasteiger partial charge in [0, 0.05) is 30.3 Å². The molecule has 1 fully saturated rings. The highest BCUT2D eigenvalue weighted by molar-refractivity contribution is 5.79. The van der Waals surface area contributed by atoms with Gasteiger partial charge in [-0.2, -0.15) is 0 Å². The van der Waals surface area contributed by atoms with E-state index in [-0.39, 0.29) is 5.54 Å². The van der Waals surface area contributed by atoms with Crippen molar-refractivity contribution in [1.82, 2.24) is 15.2 Å². The van der Waals surface area contributed by atoms with Gasteiger partial charge in [-0.3, -0.25) is 0 Å². The molecule has 2 N–H and O–H groups in total. The van der Waals surface area contributed by atoms with Crippen LogP contribution in [0.5, 0.6) is 0 Å². The summed E-state index contributed by atoms with van der Waals surface area (Å²) >= 11 is 0. The number of hydrogen-bond acceptors (Lipinski definition) is 2. The molecule has 1 aromatic heterocycles. The van der Waals surface area contributed by atoms with Crippen molar-refractivity contribution in [1.29, 1.82) is 0 Å². The molecule has 0 amide bonds. The van der Waals surface area contributed by atoms with Gasteiger partial charge >= 0.3 is 0 Å². The van der Waals surface area contributed by atoms with Crippen LogP contribution in [0.3, 0.4) is 0 Å². The third kappa shape index (κ3) is 3.22. The van der Waals surface area contributed by atoms with Gasteiger partial charge in [0.05, 0.1) is 0 Å². The highest BCUT2D eigenvalue weighted by Crippen LogP contribution is 2.16. The van der Waals surface area contributed by atoms with Crippen LogP contribution in [0, 0.1) is 0 Å². The minimum absolute atomic E-state index is 0.162. The lowest BCUT2D eigenvalue weighted by atomic mass is 10.0. The van der Waals surface area contributed by atoms with Crippen LogP contribution in [0.25, 0.3) is 10.9 Å². The largest absolute Gasteiger partial charge is 0.361 e. The molecule has 3 heteroatoms. The van der Waals surface area contributed by atoms with E-state index in [1.54, 1.807) is 0 Å². The fourth-order valence-corrected chi connectivity index (χ4v) is 3.10. The summed E-state index contributed by atoms with van der Waals surface area (Å²) in [6.45, 7) is 9.20. The molecule has 0 atom stereocenters. The molecule has 1 aliphatic heterocycles. The molecule has 0 unspecified atom stereocenters. The molecule has 0 saturated carbocycles. The van der Waals surface area contributed by atoms with Crippen molar-refractivity contribution in [2.75, 3.05) is 19.6 Å². The Labute approximate surface area is 121 Å². The minimum Gasteiger partial charge on any atom is -0.361 e. The zero-order chi connectivity index (χ0) is 14.0. The zero-order valence-corrected chi connectivity index (χ0v) is 12.6. The smallest absolute Gasteiger partial charge is 0.0457 e. The van der Waals surface area contributed by atoms with Crippen molar-refractivity contribution in [3.8, 4) is 0 Å². The number of likely N-dealkylation sites (tertiary alicyclic amines) is 1. The van der Waals surface area contributed by atoms with E-state index in [2.05, 4.69) is 53.3 Å². The van der Waals surface area contributed by atoms with Gasteiger partial charge in [-0.25, -0.2) is 0 Å². The third-order valence-corrected chi connectivity index (χ3v) is 4.21. The van der Waals surface area contributed by atoms with E-state index in [1.807, 2.05) is 6.20 Å². The Morgan fingerprint density at radius 2 is 2.00 bits per heavy atom. The number of aromatic amines is 1. The Kier molecular flexibility index (Phi) is 3.81. The van der Waals surface area contributed by atoms with Crippen LogP contribution >= 0.6 is 0 Å². The molecule has 108 valence electrons. The highest BCUT2D eigenvalue weighted by Gasteiger charge is 2.22. The fraction of sp³-hybridized carbons (Fsp3) is 0.529. The molecular weight excluding hydrogens is 246 g/mol. The van der Waals surface area contributed by atoms with E-state index in [9.17, 15) is 0 Å². The van der Waals surface area contributed by atoms with Crippen LogP contribution < -0.4 is 5.32 Å². The molecule has 2 aromatic rings. The first kappa shape index (κ1) is 13.7. The summed E-state index contributed by atoms with van der Waals surface area (Å²) < 4.78 is 0. The third-order valence-electron chi connectivity index (χ3n) is 4.21. The summed E-state index contributed by atoms with van der Waals surface area (Å²) in [5, 5.41) is 4.99. The lowest BCUT2D eigenvalue weighted by molar-refractivity contribution is 0.234. The number of H-pyrrole nitrogens is 1. The molecular formula is C17H25N3. The molecule has 2 heterocycles. The summed E-state index contributed by atoms with van der Waals surface area (Å²) in [5.74, 6) is 0. The summed E-state index contributed by atoms with van der Waals surface area (Å²) in [5.41, 5.74) is 2.73. The second kappa shape index (κ2) is 5.58. The molecule has 1 aliphatic rings. The van der Waals surface area contributed by atoms with Crippen LogP contribution in [0.4, 0.5) is 0 Å². The predicted octanol–water partition coefficient (Wildman–Crippen LogP) is 3.13. The lowest BCUT2D eigenvalue weighted by Gasteiger charge is -2.31. The van der Waals surface area contributed by atoms with E-state index in [0.717, 1.165) is 13.1 Å². The van der Waals surface area contributed by atoms with Crippen molar-refractivity contribution in [3.63, 3.8) is 0 Å². The summed E-state index contributed by atoms with van der Waals surface area (Å²) in [6.07, 6.45) is 4.72. The van der Waals surface area contributed by atoms with E-state index in [4.69, 9.17) is 0 Å². The van der Waals surface area contributed by atoms with Crippen molar-refractivity contribution < 1.29 is 0 Å². The number of rotatable bonds is 5. The lowest BCUT2D eigenvalue weighted by Crippen LogP contribution is -2.48. The Hall–Kier alpha value is -1.32. The summed E-state index contributed by atoms with van der Waals surface area (Å²) in [4.78, 5) is 5.85. The summed E-state index contributed by atoms with van der Waals surface area (Å²) in [7, 11) is 0. The summed E-state index contributed by atoms with van der Waals surface area (Å²) in [6, 6.07) is 8.77. The molecule has 0 spiro atoms. The zero-order valence-electron chi connectivity index (χ0n) is 12.6. The van der Waals surface area contributed by atoms with Crippen molar-refractivity contribution in [3.05, 3.63) is 36.0 Å². The van der Waals surface area contributed by atoms with Crippen LogP contribution in [-0.4, -0.2) is 35.1 Å². The Balaban J connectivity index is 1.59. The number of hydrogen-bond donors (Lipinski definition) is 2. The number of aromatic nitrogens is 1. The number of nitrogens with zero attached hydrogens (tertiary/aromatic N) is 1. The molecule has 3 rings (SSSR count). The topological polar surface area (TPSA) is 31.1 Å². The second-order valence-corrected chi connectivity index (χ2v) is 6.62. The highest BCUT2D eigenvalue weighted by atomic mass is 15.2. The van der Waals surface area contributed by atoms with Crippen LogP contribution in [0.2, 0.25) is 0 Å². The van der Waals surface area contributed by atoms with Gasteiger partial charge < -0.3 is 15.2 Å².